The fourth-order valence-corrected chi connectivity index (χ4v) is 0.870. The molecule has 0 heterocycles. The fraction of sp³-hybridized carbons (Fsp3) is 0.222. The van der Waals surface area contributed by atoms with Crippen LogP contribution < -0.4 is 5.32 Å². The number of carbonyl (C=O) groups is 1. The van der Waals surface area contributed by atoms with Gasteiger partial charge in [-0.3, -0.25) is 4.79 Å². The fourth-order valence-electron chi connectivity index (χ4n) is 0.870. The van der Waals surface area contributed by atoms with E-state index in [2.05, 4.69) is 5.32 Å². The molecule has 0 fully saturated rings. The van der Waals surface area contributed by atoms with Crippen LogP contribution in [0, 0.1) is 0 Å². The van der Waals surface area contributed by atoms with Gasteiger partial charge in [0.15, 0.2) is 0 Å². The van der Waals surface area contributed by atoms with Crippen LogP contribution in [-0.4, -0.2) is 13.0 Å². The van der Waals surface area contributed by atoms with Crippen LogP contribution in [0.25, 0.3) is 0 Å². The Labute approximate surface area is 103 Å². The van der Waals surface area contributed by atoms with Crippen molar-refractivity contribution in [3.05, 3.63) is 35.9 Å². The lowest BCUT2D eigenvalue weighted by atomic mass is 10.1. The van der Waals surface area contributed by atoms with Crippen molar-refractivity contribution in [2.75, 3.05) is 7.05 Å². The minimum Gasteiger partial charge on any atom is -0.359 e. The first-order chi connectivity index (χ1) is 5.33. The van der Waals surface area contributed by atoms with Crippen molar-refractivity contribution in [3.63, 3.8) is 0 Å². The Balaban J connectivity index is -0.000000403. The first kappa shape index (κ1) is 19.2. The highest BCUT2D eigenvalue weighted by atomic mass is 35.5. The summed E-state index contributed by atoms with van der Waals surface area (Å²) in [5, 5.41) is 2.57. The predicted octanol–water partition coefficient (Wildman–Crippen LogP) is 2.24. The first-order valence-corrected chi connectivity index (χ1v) is 3.57. The molecule has 1 aromatic carbocycles. The molecule has 1 amide bonds. The molecule has 2 nitrogen and oxygen atoms in total. The van der Waals surface area contributed by atoms with Gasteiger partial charge in [-0.1, -0.05) is 30.3 Å². The zero-order valence-electron chi connectivity index (χ0n) is 7.73. The van der Waals surface area contributed by atoms with Gasteiger partial charge in [-0.25, -0.2) is 0 Å². The van der Waals surface area contributed by atoms with Crippen LogP contribution in [0.2, 0.25) is 0 Å². The molecule has 1 N–H and O–H groups in total. The molecule has 0 saturated carbocycles. The SMILES string of the molecule is CNC(=O)Cc1ccccc1.Cl.Cl.Cl. The molecule has 82 valence electrons. The van der Waals surface area contributed by atoms with Crippen LogP contribution in [0.15, 0.2) is 30.3 Å². The molecule has 1 rings (SSSR count). The molecule has 0 aromatic heterocycles. The second-order valence-electron chi connectivity index (χ2n) is 2.34. The molecule has 0 bridgehead atoms. The van der Waals surface area contributed by atoms with Gasteiger partial charge in [0.05, 0.1) is 6.42 Å². The summed E-state index contributed by atoms with van der Waals surface area (Å²) in [5.41, 5.74) is 1.05. The summed E-state index contributed by atoms with van der Waals surface area (Å²) in [6.45, 7) is 0. The maximum Gasteiger partial charge on any atom is 0.224 e. The Kier molecular flexibility index (Phi) is 14.6. The zero-order chi connectivity index (χ0) is 8.10. The lowest BCUT2D eigenvalue weighted by Gasteiger charge is -1.98. The van der Waals surface area contributed by atoms with Crippen molar-refractivity contribution in [1.29, 1.82) is 0 Å². The number of hydrogen-bond donors (Lipinski definition) is 1. The van der Waals surface area contributed by atoms with E-state index in [1.54, 1.807) is 7.05 Å². The number of carbonyl (C=O) groups excluding carboxylic acids is 1. The van der Waals surface area contributed by atoms with Gasteiger partial charge >= 0.3 is 0 Å². The third kappa shape index (κ3) is 7.01. The molecule has 0 aliphatic heterocycles. The highest BCUT2D eigenvalue weighted by Gasteiger charge is 1.97. The van der Waals surface area contributed by atoms with Gasteiger partial charge in [-0.2, -0.15) is 0 Å². The molecule has 0 unspecified atom stereocenters. The Bertz CT molecular complexity index is 241. The summed E-state index contributed by atoms with van der Waals surface area (Å²) in [6.07, 6.45) is 0.470. The van der Waals surface area contributed by atoms with Gasteiger partial charge in [-0.05, 0) is 5.56 Å². The van der Waals surface area contributed by atoms with Crippen molar-refractivity contribution in [2.24, 2.45) is 0 Å². The molecule has 0 saturated heterocycles. The van der Waals surface area contributed by atoms with E-state index in [0.29, 0.717) is 6.42 Å². The maximum absolute atomic E-state index is 10.9. The standard InChI is InChI=1S/C9H11NO.3ClH/c1-10-9(11)7-8-5-3-2-4-6-8;;;/h2-6H,7H2,1H3,(H,10,11);3*1H. The van der Waals surface area contributed by atoms with Crippen molar-refractivity contribution >= 4 is 43.1 Å². The second kappa shape index (κ2) is 10.6. The number of hydrogen-bond acceptors (Lipinski definition) is 1. The van der Waals surface area contributed by atoms with E-state index in [0.717, 1.165) is 5.56 Å². The second-order valence-corrected chi connectivity index (χ2v) is 2.34. The van der Waals surface area contributed by atoms with Crippen LogP contribution in [-0.2, 0) is 11.2 Å². The molecular weight excluding hydrogens is 244 g/mol. The molecule has 0 spiro atoms. The summed E-state index contributed by atoms with van der Waals surface area (Å²) in [7, 11) is 1.64. The first-order valence-electron chi connectivity index (χ1n) is 3.57. The van der Waals surface area contributed by atoms with E-state index in [-0.39, 0.29) is 43.1 Å². The molecule has 14 heavy (non-hydrogen) atoms. The molecule has 5 heteroatoms. The highest BCUT2D eigenvalue weighted by molar-refractivity contribution is 5.86. The van der Waals surface area contributed by atoms with Gasteiger partial charge in [0.2, 0.25) is 5.91 Å². The molecule has 1 aromatic rings. The molecule has 0 aliphatic carbocycles. The van der Waals surface area contributed by atoms with E-state index in [4.69, 9.17) is 0 Å². The average Bonchev–Trinajstić information content (AvgIpc) is 2.06. The number of nitrogens with one attached hydrogen (secondary N) is 1. The van der Waals surface area contributed by atoms with E-state index < -0.39 is 0 Å². The number of halogens is 3. The van der Waals surface area contributed by atoms with Gasteiger partial charge < -0.3 is 5.32 Å². The quantitative estimate of drug-likeness (QED) is 0.866. The Morgan fingerprint density at radius 1 is 1.14 bits per heavy atom. The average molecular weight is 259 g/mol. The Morgan fingerprint density at radius 3 is 2.07 bits per heavy atom. The third-order valence-electron chi connectivity index (χ3n) is 1.49. The van der Waals surface area contributed by atoms with E-state index in [1.807, 2.05) is 30.3 Å². The molecule has 0 radical (unpaired) electrons. The molecule has 0 atom stereocenters. The maximum atomic E-state index is 10.9. The minimum atomic E-state index is 0. The lowest BCUT2D eigenvalue weighted by molar-refractivity contribution is -0.119. The monoisotopic (exact) mass is 257 g/mol. The number of likely N-dealkylation sites (N-methyl/N-ethyl adjacent to an activating group) is 1. The van der Waals surface area contributed by atoms with E-state index in [1.165, 1.54) is 0 Å². The van der Waals surface area contributed by atoms with E-state index >= 15 is 0 Å². The number of amides is 1. The van der Waals surface area contributed by atoms with Crippen molar-refractivity contribution in [1.82, 2.24) is 5.32 Å². The van der Waals surface area contributed by atoms with Gasteiger partial charge in [0, 0.05) is 7.05 Å². The number of benzene rings is 1. The Morgan fingerprint density at radius 2 is 1.64 bits per heavy atom. The predicted molar refractivity (Wildman–Crippen MR) is 66.0 cm³/mol. The molecular formula is C9H14Cl3NO. The highest BCUT2D eigenvalue weighted by Crippen LogP contribution is 1.98. The topological polar surface area (TPSA) is 29.1 Å². The Hall–Kier alpha value is -0.440. The normalized spacial score (nSPS) is 7.21. The minimum absolute atomic E-state index is 0. The van der Waals surface area contributed by atoms with Crippen LogP contribution >= 0.6 is 37.2 Å². The van der Waals surface area contributed by atoms with E-state index in [9.17, 15) is 4.79 Å². The summed E-state index contributed by atoms with van der Waals surface area (Å²) >= 11 is 0. The van der Waals surface area contributed by atoms with Crippen LogP contribution in [0.1, 0.15) is 5.56 Å². The third-order valence-corrected chi connectivity index (χ3v) is 1.49. The van der Waals surface area contributed by atoms with Crippen molar-refractivity contribution in [3.8, 4) is 0 Å². The largest absolute Gasteiger partial charge is 0.359 e. The van der Waals surface area contributed by atoms with Gasteiger partial charge in [-0.15, -0.1) is 37.2 Å². The van der Waals surface area contributed by atoms with Crippen molar-refractivity contribution in [2.45, 2.75) is 6.42 Å². The summed E-state index contributed by atoms with van der Waals surface area (Å²) < 4.78 is 0. The van der Waals surface area contributed by atoms with Gasteiger partial charge in [0.25, 0.3) is 0 Å². The summed E-state index contributed by atoms with van der Waals surface area (Å²) in [5.74, 6) is 0.0520. The van der Waals surface area contributed by atoms with Gasteiger partial charge in [0.1, 0.15) is 0 Å². The zero-order valence-corrected chi connectivity index (χ0v) is 10.2. The van der Waals surface area contributed by atoms with Crippen molar-refractivity contribution < 1.29 is 4.79 Å². The van der Waals surface area contributed by atoms with Crippen LogP contribution in [0.3, 0.4) is 0 Å². The van der Waals surface area contributed by atoms with Crippen LogP contribution in [0.4, 0.5) is 0 Å². The van der Waals surface area contributed by atoms with Crippen LogP contribution in [0.5, 0.6) is 0 Å². The molecule has 0 aliphatic rings. The number of rotatable bonds is 2. The lowest BCUT2D eigenvalue weighted by Crippen LogP contribution is -2.19. The smallest absolute Gasteiger partial charge is 0.224 e. The summed E-state index contributed by atoms with van der Waals surface area (Å²) in [6, 6.07) is 9.67. The summed E-state index contributed by atoms with van der Waals surface area (Å²) in [4.78, 5) is 10.9.